The number of ether oxygens (including phenoxy) is 1. The molecule has 3 rings (SSSR count). The van der Waals surface area contributed by atoms with E-state index in [1.165, 1.54) is 0 Å². The van der Waals surface area contributed by atoms with Gasteiger partial charge in [-0.25, -0.2) is 9.97 Å². The minimum atomic E-state index is 0.170. The molecular weight excluding hydrogens is 310 g/mol. The highest BCUT2D eigenvalue weighted by Gasteiger charge is 2.19. The van der Waals surface area contributed by atoms with Gasteiger partial charge in [0.2, 0.25) is 5.95 Å². The summed E-state index contributed by atoms with van der Waals surface area (Å²) in [6, 6.07) is 13.4. The van der Waals surface area contributed by atoms with Crippen molar-refractivity contribution < 1.29 is 9.15 Å². The number of nitrogen functional groups attached to an aromatic ring is 1. The molecule has 0 unspecified atom stereocenters. The van der Waals surface area contributed by atoms with Gasteiger partial charge in [0.15, 0.2) is 10.8 Å². The Kier molecular flexibility index (Phi) is 4.34. The molecule has 5 nitrogen and oxygen atoms in total. The molecule has 23 heavy (non-hydrogen) atoms. The summed E-state index contributed by atoms with van der Waals surface area (Å²) < 4.78 is 11.2. The van der Waals surface area contributed by atoms with E-state index in [-0.39, 0.29) is 5.95 Å². The molecule has 0 aliphatic carbocycles. The molecule has 2 heterocycles. The van der Waals surface area contributed by atoms with E-state index in [4.69, 9.17) is 27.1 Å². The maximum atomic E-state index is 5.75. The molecule has 0 spiro atoms. The van der Waals surface area contributed by atoms with Gasteiger partial charge >= 0.3 is 0 Å². The van der Waals surface area contributed by atoms with E-state index < -0.39 is 0 Å². The molecule has 116 valence electrons. The first-order valence-electron chi connectivity index (χ1n) is 7.04. The van der Waals surface area contributed by atoms with E-state index in [1.54, 1.807) is 18.4 Å². The summed E-state index contributed by atoms with van der Waals surface area (Å²) in [6.07, 6.45) is 1.57. The molecular formula is C17H15N3O2S. The van der Waals surface area contributed by atoms with E-state index >= 15 is 0 Å². The molecule has 1 aromatic carbocycles. The SMILES string of the molecule is Cc1nc(N)nc(-c2ccco2)c1C(=S)OCc1ccccc1. The number of nitrogens with two attached hydrogens (primary N) is 1. The number of hydrogen-bond acceptors (Lipinski definition) is 6. The van der Waals surface area contributed by atoms with Crippen LogP contribution in [-0.4, -0.2) is 15.0 Å². The topological polar surface area (TPSA) is 74.2 Å². The summed E-state index contributed by atoms with van der Waals surface area (Å²) in [5.41, 5.74) is 8.60. The second-order valence-electron chi connectivity index (χ2n) is 4.93. The van der Waals surface area contributed by atoms with Crippen molar-refractivity contribution in [2.45, 2.75) is 13.5 Å². The van der Waals surface area contributed by atoms with Crippen LogP contribution in [0.2, 0.25) is 0 Å². The fourth-order valence-electron chi connectivity index (χ4n) is 2.23. The molecule has 2 N–H and O–H groups in total. The molecule has 0 amide bonds. The first-order valence-corrected chi connectivity index (χ1v) is 7.45. The van der Waals surface area contributed by atoms with Crippen LogP contribution in [0.1, 0.15) is 16.8 Å². The van der Waals surface area contributed by atoms with Gasteiger partial charge in [0.05, 0.1) is 17.5 Å². The number of anilines is 1. The number of furan rings is 1. The molecule has 3 aromatic rings. The highest BCUT2D eigenvalue weighted by Crippen LogP contribution is 2.26. The zero-order chi connectivity index (χ0) is 16.2. The third-order valence-electron chi connectivity index (χ3n) is 3.28. The minimum absolute atomic E-state index is 0.170. The number of benzene rings is 1. The normalized spacial score (nSPS) is 10.5. The summed E-state index contributed by atoms with van der Waals surface area (Å²) in [6.45, 7) is 2.19. The molecule has 2 aromatic heterocycles. The van der Waals surface area contributed by atoms with Gasteiger partial charge in [0.25, 0.3) is 0 Å². The largest absolute Gasteiger partial charge is 0.478 e. The molecule has 0 bridgehead atoms. The van der Waals surface area contributed by atoms with Crippen LogP contribution in [0.25, 0.3) is 11.5 Å². The highest BCUT2D eigenvalue weighted by atomic mass is 32.1. The number of nitrogens with zero attached hydrogens (tertiary/aromatic N) is 2. The van der Waals surface area contributed by atoms with Crippen molar-refractivity contribution >= 4 is 23.2 Å². The van der Waals surface area contributed by atoms with Crippen LogP contribution < -0.4 is 5.73 Å². The molecule has 0 fully saturated rings. The molecule has 0 saturated heterocycles. The van der Waals surface area contributed by atoms with Gasteiger partial charge in [0, 0.05) is 0 Å². The van der Waals surface area contributed by atoms with Gasteiger partial charge < -0.3 is 14.9 Å². The Morgan fingerprint density at radius 3 is 2.65 bits per heavy atom. The van der Waals surface area contributed by atoms with Crippen LogP contribution in [0.4, 0.5) is 5.95 Å². The number of aromatic nitrogens is 2. The first kappa shape index (κ1) is 15.2. The van der Waals surface area contributed by atoms with E-state index in [1.807, 2.05) is 37.3 Å². The number of hydrogen-bond donors (Lipinski definition) is 1. The van der Waals surface area contributed by atoms with Gasteiger partial charge in [-0.1, -0.05) is 30.3 Å². The standard InChI is InChI=1S/C17H15N3O2S/c1-11-14(16(23)22-10-12-6-3-2-4-7-12)15(20-17(18)19-11)13-8-5-9-21-13/h2-9H,10H2,1H3,(H2,18,19,20). The number of rotatable bonds is 4. The Morgan fingerprint density at radius 2 is 1.96 bits per heavy atom. The Hall–Kier alpha value is -2.73. The van der Waals surface area contributed by atoms with E-state index in [9.17, 15) is 0 Å². The number of aryl methyl sites for hydroxylation is 1. The summed E-state index contributed by atoms with van der Waals surface area (Å²) in [4.78, 5) is 8.44. The van der Waals surface area contributed by atoms with Crippen LogP contribution in [-0.2, 0) is 11.3 Å². The second kappa shape index (κ2) is 6.58. The van der Waals surface area contributed by atoms with Crippen LogP contribution in [0.15, 0.2) is 53.1 Å². The maximum Gasteiger partial charge on any atom is 0.220 e. The fourth-order valence-corrected chi connectivity index (χ4v) is 2.53. The quantitative estimate of drug-likeness (QED) is 0.740. The van der Waals surface area contributed by atoms with Crippen LogP contribution in [0.5, 0.6) is 0 Å². The average molecular weight is 325 g/mol. The van der Waals surface area contributed by atoms with Crippen molar-refractivity contribution in [3.05, 3.63) is 65.5 Å². The summed E-state index contributed by atoms with van der Waals surface area (Å²) in [7, 11) is 0. The zero-order valence-corrected chi connectivity index (χ0v) is 13.3. The Morgan fingerprint density at radius 1 is 1.17 bits per heavy atom. The lowest BCUT2D eigenvalue weighted by molar-refractivity contribution is 0.302. The van der Waals surface area contributed by atoms with Crippen LogP contribution in [0.3, 0.4) is 0 Å². The smallest absolute Gasteiger partial charge is 0.220 e. The highest BCUT2D eigenvalue weighted by molar-refractivity contribution is 7.80. The third kappa shape index (κ3) is 3.37. The summed E-state index contributed by atoms with van der Waals surface area (Å²) in [5, 5.41) is 0.317. The third-order valence-corrected chi connectivity index (χ3v) is 3.60. The van der Waals surface area contributed by atoms with Gasteiger partial charge in [-0.3, -0.25) is 0 Å². The molecule has 0 aliphatic rings. The van der Waals surface area contributed by atoms with Gasteiger partial charge in [-0.15, -0.1) is 0 Å². The molecule has 0 radical (unpaired) electrons. The molecule has 6 heteroatoms. The predicted molar refractivity (Wildman–Crippen MR) is 91.8 cm³/mol. The fraction of sp³-hybridized carbons (Fsp3) is 0.118. The van der Waals surface area contributed by atoms with E-state index in [2.05, 4.69) is 9.97 Å². The van der Waals surface area contributed by atoms with Crippen molar-refractivity contribution in [2.24, 2.45) is 0 Å². The van der Waals surface area contributed by atoms with Crippen molar-refractivity contribution in [3.8, 4) is 11.5 Å². The average Bonchev–Trinajstić information content (AvgIpc) is 3.07. The Labute approximate surface area is 139 Å². The van der Waals surface area contributed by atoms with Gasteiger partial charge in [-0.2, -0.15) is 0 Å². The van der Waals surface area contributed by atoms with Crippen molar-refractivity contribution in [2.75, 3.05) is 5.73 Å². The second-order valence-corrected chi connectivity index (χ2v) is 5.30. The lowest BCUT2D eigenvalue weighted by Gasteiger charge is -2.13. The lowest BCUT2D eigenvalue weighted by Crippen LogP contribution is -2.12. The molecule has 0 saturated carbocycles. The summed E-state index contributed by atoms with van der Waals surface area (Å²) >= 11 is 5.43. The van der Waals surface area contributed by atoms with Crippen molar-refractivity contribution in [3.63, 3.8) is 0 Å². The summed E-state index contributed by atoms with van der Waals surface area (Å²) in [5.74, 6) is 0.742. The molecule has 0 aliphatic heterocycles. The Balaban J connectivity index is 1.91. The minimum Gasteiger partial charge on any atom is -0.478 e. The van der Waals surface area contributed by atoms with Crippen molar-refractivity contribution in [1.82, 2.24) is 9.97 Å². The van der Waals surface area contributed by atoms with Gasteiger partial charge in [0.1, 0.15) is 12.3 Å². The predicted octanol–water partition coefficient (Wildman–Crippen LogP) is 3.52. The lowest BCUT2D eigenvalue weighted by atomic mass is 10.1. The zero-order valence-electron chi connectivity index (χ0n) is 12.5. The first-order chi connectivity index (χ1) is 11.1. The van der Waals surface area contributed by atoms with Crippen molar-refractivity contribution in [1.29, 1.82) is 0 Å². The van der Waals surface area contributed by atoms with E-state index in [0.29, 0.717) is 34.4 Å². The Bertz CT molecular complexity index is 817. The molecule has 0 atom stereocenters. The van der Waals surface area contributed by atoms with Crippen LogP contribution >= 0.6 is 12.2 Å². The maximum absolute atomic E-state index is 5.75. The number of thiocarbonyl (C=S) groups is 1. The monoisotopic (exact) mass is 325 g/mol. The van der Waals surface area contributed by atoms with Gasteiger partial charge in [-0.05, 0) is 36.8 Å². The van der Waals surface area contributed by atoms with Crippen LogP contribution in [0, 0.1) is 6.92 Å². The van der Waals surface area contributed by atoms with E-state index in [0.717, 1.165) is 5.56 Å².